The van der Waals surface area contributed by atoms with E-state index in [2.05, 4.69) is 46.4 Å². The second kappa shape index (κ2) is 7.00. The van der Waals surface area contributed by atoms with Crippen molar-refractivity contribution in [3.05, 3.63) is 84.2 Å². The molecular weight excluding hydrogens is 356 g/mol. The van der Waals surface area contributed by atoms with Crippen LogP contribution < -0.4 is 0 Å². The normalized spacial score (nSPS) is 11.7. The first-order valence-electron chi connectivity index (χ1n) is 8.91. The van der Waals surface area contributed by atoms with Gasteiger partial charge in [-0.25, -0.2) is 13.4 Å². The Labute approximate surface area is 158 Å². The second-order valence-electron chi connectivity index (χ2n) is 6.51. The first-order valence-corrected chi connectivity index (χ1v) is 10.6. The van der Waals surface area contributed by atoms with E-state index >= 15 is 0 Å². The summed E-state index contributed by atoms with van der Waals surface area (Å²) in [4.78, 5) is 8.17. The third kappa shape index (κ3) is 3.64. The lowest BCUT2D eigenvalue weighted by Gasteiger charge is -2.03. The molecule has 0 saturated carbocycles. The highest BCUT2D eigenvalue weighted by molar-refractivity contribution is 7.91. The fraction of sp³-hybridized carbons (Fsp3) is 0.136. The molecule has 0 aliphatic carbocycles. The number of aromatic nitrogens is 2. The Morgan fingerprint density at radius 1 is 0.889 bits per heavy atom. The molecule has 0 amide bonds. The van der Waals surface area contributed by atoms with Gasteiger partial charge >= 0.3 is 0 Å². The molecule has 4 rings (SSSR count). The molecule has 0 aliphatic rings. The van der Waals surface area contributed by atoms with Gasteiger partial charge in [0, 0.05) is 6.42 Å². The molecule has 0 bridgehead atoms. The van der Waals surface area contributed by atoms with Gasteiger partial charge in [-0.15, -0.1) is 0 Å². The van der Waals surface area contributed by atoms with E-state index in [0.29, 0.717) is 11.3 Å². The highest BCUT2D eigenvalue weighted by atomic mass is 32.2. The van der Waals surface area contributed by atoms with Gasteiger partial charge in [-0.05, 0) is 34.9 Å². The topological polar surface area (TPSA) is 62.8 Å². The smallest absolute Gasteiger partial charge is 0.178 e. The van der Waals surface area contributed by atoms with Gasteiger partial charge < -0.3 is 4.98 Å². The molecule has 0 unspecified atom stereocenters. The largest absolute Gasteiger partial charge is 0.342 e. The van der Waals surface area contributed by atoms with Gasteiger partial charge in [0.05, 0.1) is 21.7 Å². The quantitative estimate of drug-likeness (QED) is 0.553. The van der Waals surface area contributed by atoms with Crippen molar-refractivity contribution in [2.45, 2.75) is 18.2 Å². The van der Waals surface area contributed by atoms with E-state index in [1.165, 1.54) is 11.1 Å². The summed E-state index contributed by atoms with van der Waals surface area (Å²) in [6.07, 6.45) is 0.666. The summed E-state index contributed by atoms with van der Waals surface area (Å²) in [5.41, 5.74) is 5.05. The Balaban J connectivity index is 1.58. The van der Waals surface area contributed by atoms with Crippen LogP contribution in [0.1, 0.15) is 18.3 Å². The molecule has 0 fully saturated rings. The third-order valence-electron chi connectivity index (χ3n) is 4.67. The summed E-state index contributed by atoms with van der Waals surface area (Å²) >= 11 is 0. The van der Waals surface area contributed by atoms with Gasteiger partial charge in [0.2, 0.25) is 0 Å². The minimum atomic E-state index is -3.22. The molecule has 1 N–H and O–H groups in total. The third-order valence-corrected chi connectivity index (χ3v) is 6.41. The molecule has 5 heteroatoms. The molecule has 0 atom stereocenters. The maximum absolute atomic E-state index is 12.1. The van der Waals surface area contributed by atoms with Gasteiger partial charge in [-0.2, -0.15) is 0 Å². The molecule has 1 aromatic heterocycles. The van der Waals surface area contributed by atoms with Crippen molar-refractivity contribution >= 4 is 20.9 Å². The van der Waals surface area contributed by atoms with Crippen LogP contribution in [0.2, 0.25) is 0 Å². The molecule has 136 valence electrons. The highest BCUT2D eigenvalue weighted by Crippen LogP contribution is 2.22. The highest BCUT2D eigenvalue weighted by Gasteiger charge is 2.13. The fourth-order valence-corrected chi connectivity index (χ4v) is 4.03. The predicted octanol–water partition coefficient (Wildman–Crippen LogP) is 4.61. The minimum Gasteiger partial charge on any atom is -0.342 e. The van der Waals surface area contributed by atoms with Crippen molar-refractivity contribution < 1.29 is 8.42 Å². The van der Waals surface area contributed by atoms with E-state index in [4.69, 9.17) is 0 Å². The summed E-state index contributed by atoms with van der Waals surface area (Å²) in [5.74, 6) is 0.913. The van der Waals surface area contributed by atoms with Gasteiger partial charge in [-0.3, -0.25) is 0 Å². The Morgan fingerprint density at radius 2 is 1.59 bits per heavy atom. The monoisotopic (exact) mass is 376 g/mol. The SMILES string of the molecule is CCS(=O)(=O)c1ccc2nc(Cc3ccc(-c4ccccc4)cc3)[nH]c2c1. The van der Waals surface area contributed by atoms with Crippen LogP contribution >= 0.6 is 0 Å². The van der Waals surface area contributed by atoms with E-state index in [9.17, 15) is 8.42 Å². The zero-order chi connectivity index (χ0) is 18.9. The number of rotatable bonds is 5. The lowest BCUT2D eigenvalue weighted by atomic mass is 10.0. The molecule has 0 radical (unpaired) electrons. The number of hydrogen-bond acceptors (Lipinski definition) is 3. The fourth-order valence-electron chi connectivity index (χ4n) is 3.12. The average molecular weight is 376 g/mol. The number of fused-ring (bicyclic) bond motifs is 1. The van der Waals surface area contributed by atoms with Crippen LogP contribution in [0.25, 0.3) is 22.2 Å². The van der Waals surface area contributed by atoms with E-state index in [-0.39, 0.29) is 5.75 Å². The zero-order valence-electron chi connectivity index (χ0n) is 15.0. The first kappa shape index (κ1) is 17.5. The summed E-state index contributed by atoms with van der Waals surface area (Å²) in [7, 11) is -3.22. The number of imidazole rings is 1. The standard InChI is InChI=1S/C22H20N2O2S/c1-2-27(25,26)19-12-13-20-21(15-19)24-22(23-20)14-16-8-10-18(11-9-16)17-6-4-3-5-7-17/h3-13,15H,2,14H2,1H3,(H,23,24). The van der Waals surface area contributed by atoms with Gasteiger partial charge in [0.1, 0.15) is 5.82 Å². The molecule has 1 heterocycles. The lowest BCUT2D eigenvalue weighted by Crippen LogP contribution is -2.03. The van der Waals surface area contributed by atoms with Crippen LogP contribution in [0.3, 0.4) is 0 Å². The van der Waals surface area contributed by atoms with E-state index in [1.54, 1.807) is 25.1 Å². The lowest BCUT2D eigenvalue weighted by molar-refractivity contribution is 0.597. The first-order chi connectivity index (χ1) is 13.0. The van der Waals surface area contributed by atoms with Crippen LogP contribution in [-0.4, -0.2) is 24.1 Å². The average Bonchev–Trinajstić information content (AvgIpc) is 3.10. The number of aromatic amines is 1. The van der Waals surface area contributed by atoms with Crippen molar-refractivity contribution in [3.8, 4) is 11.1 Å². The number of nitrogens with one attached hydrogen (secondary N) is 1. The van der Waals surface area contributed by atoms with Gasteiger partial charge in [-0.1, -0.05) is 61.5 Å². The molecule has 3 aromatic carbocycles. The molecule has 4 nitrogen and oxygen atoms in total. The summed E-state index contributed by atoms with van der Waals surface area (Å²) in [6.45, 7) is 1.65. The molecule has 0 aliphatic heterocycles. The van der Waals surface area contributed by atoms with E-state index in [1.807, 2.05) is 18.2 Å². The summed E-state index contributed by atoms with van der Waals surface area (Å²) in [6, 6.07) is 23.7. The number of hydrogen-bond donors (Lipinski definition) is 1. The maximum atomic E-state index is 12.1. The van der Waals surface area contributed by atoms with Crippen LogP contribution in [0, 0.1) is 0 Å². The number of sulfone groups is 1. The number of benzene rings is 3. The number of nitrogens with zero attached hydrogens (tertiary/aromatic N) is 1. The Hall–Kier alpha value is -2.92. The Bertz CT molecular complexity index is 1180. The van der Waals surface area contributed by atoms with Crippen LogP contribution in [0.15, 0.2) is 77.7 Å². The molecular formula is C22H20N2O2S. The Morgan fingerprint density at radius 3 is 2.30 bits per heavy atom. The predicted molar refractivity (Wildman–Crippen MR) is 109 cm³/mol. The zero-order valence-corrected chi connectivity index (χ0v) is 15.8. The van der Waals surface area contributed by atoms with Gasteiger partial charge in [0.25, 0.3) is 0 Å². The van der Waals surface area contributed by atoms with Crippen LogP contribution in [-0.2, 0) is 16.3 Å². The number of H-pyrrole nitrogens is 1. The van der Waals surface area contributed by atoms with Crippen LogP contribution in [0.4, 0.5) is 0 Å². The van der Waals surface area contributed by atoms with Crippen molar-refractivity contribution in [1.82, 2.24) is 9.97 Å². The Kier molecular flexibility index (Phi) is 4.54. The molecule has 0 saturated heterocycles. The summed E-state index contributed by atoms with van der Waals surface area (Å²) in [5, 5.41) is 0. The van der Waals surface area contributed by atoms with Crippen molar-refractivity contribution in [3.63, 3.8) is 0 Å². The van der Waals surface area contributed by atoms with E-state index in [0.717, 1.165) is 22.4 Å². The van der Waals surface area contributed by atoms with Crippen molar-refractivity contribution in [2.24, 2.45) is 0 Å². The molecule has 4 aromatic rings. The molecule has 27 heavy (non-hydrogen) atoms. The van der Waals surface area contributed by atoms with Gasteiger partial charge in [0.15, 0.2) is 9.84 Å². The van der Waals surface area contributed by atoms with Crippen molar-refractivity contribution in [1.29, 1.82) is 0 Å². The second-order valence-corrected chi connectivity index (χ2v) is 8.78. The minimum absolute atomic E-state index is 0.0905. The van der Waals surface area contributed by atoms with Crippen LogP contribution in [0.5, 0.6) is 0 Å². The molecule has 0 spiro atoms. The summed E-state index contributed by atoms with van der Waals surface area (Å²) < 4.78 is 24.1. The van der Waals surface area contributed by atoms with Crippen molar-refractivity contribution in [2.75, 3.05) is 5.75 Å². The van der Waals surface area contributed by atoms with E-state index < -0.39 is 9.84 Å². The maximum Gasteiger partial charge on any atom is 0.178 e.